The molecule has 1 saturated heterocycles. The number of hydrogen-bond acceptors (Lipinski definition) is 1. The first-order chi connectivity index (χ1) is 4.63. The van der Waals surface area contributed by atoms with Crippen molar-refractivity contribution in [3.8, 4) is 0 Å². The first-order valence-corrected chi connectivity index (χ1v) is 3.56. The second kappa shape index (κ2) is 2.45. The first-order valence-electron chi connectivity index (χ1n) is 3.56. The van der Waals surface area contributed by atoms with Gasteiger partial charge in [-0.15, -0.1) is 0 Å². The second-order valence-electron chi connectivity index (χ2n) is 3.05. The highest BCUT2D eigenvalue weighted by molar-refractivity contribution is 5.83. The maximum atomic E-state index is 11.1. The van der Waals surface area contributed by atoms with Crippen molar-refractivity contribution >= 4 is 5.91 Å². The molecule has 1 aliphatic heterocycles. The molecule has 1 heterocycles. The molecule has 1 aliphatic rings. The Morgan fingerprint density at radius 3 is 2.60 bits per heavy atom. The third-order valence-corrected chi connectivity index (χ3v) is 1.98. The van der Waals surface area contributed by atoms with Gasteiger partial charge in [0.05, 0.1) is 5.92 Å². The van der Waals surface area contributed by atoms with Crippen LogP contribution in [0.15, 0.2) is 12.2 Å². The molecule has 2 unspecified atom stereocenters. The lowest BCUT2D eigenvalue weighted by atomic mass is 9.92. The highest BCUT2D eigenvalue weighted by atomic mass is 16.2. The monoisotopic (exact) mass is 139 g/mol. The van der Waals surface area contributed by atoms with Crippen molar-refractivity contribution < 1.29 is 4.79 Å². The van der Waals surface area contributed by atoms with Crippen molar-refractivity contribution in [1.82, 2.24) is 5.32 Å². The lowest BCUT2D eigenvalue weighted by Gasteiger charge is -2.10. The van der Waals surface area contributed by atoms with E-state index in [-0.39, 0.29) is 11.8 Å². The minimum Gasteiger partial charge on any atom is -0.355 e. The molecule has 2 nitrogen and oxygen atoms in total. The number of hydrogen-bond donors (Lipinski definition) is 1. The van der Waals surface area contributed by atoms with Gasteiger partial charge in [0, 0.05) is 6.54 Å². The Balaban J connectivity index is 2.72. The Morgan fingerprint density at radius 1 is 1.80 bits per heavy atom. The summed E-state index contributed by atoms with van der Waals surface area (Å²) in [5.74, 6) is 0.616. The maximum Gasteiger partial charge on any atom is 0.227 e. The maximum absolute atomic E-state index is 11.1. The normalized spacial score (nSPS) is 32.0. The number of rotatable bonds is 1. The van der Waals surface area contributed by atoms with Gasteiger partial charge in [-0.25, -0.2) is 0 Å². The van der Waals surface area contributed by atoms with E-state index >= 15 is 0 Å². The molecule has 56 valence electrons. The van der Waals surface area contributed by atoms with Gasteiger partial charge in [-0.3, -0.25) is 4.79 Å². The van der Waals surface area contributed by atoms with Gasteiger partial charge in [-0.2, -0.15) is 0 Å². The zero-order valence-electron chi connectivity index (χ0n) is 6.48. The van der Waals surface area contributed by atoms with Crippen LogP contribution in [0.2, 0.25) is 0 Å². The quantitative estimate of drug-likeness (QED) is 0.538. The van der Waals surface area contributed by atoms with Crippen molar-refractivity contribution in [3.63, 3.8) is 0 Å². The molecule has 0 aromatic rings. The van der Waals surface area contributed by atoms with Crippen molar-refractivity contribution in [1.29, 1.82) is 0 Å². The van der Waals surface area contributed by atoms with Gasteiger partial charge < -0.3 is 5.32 Å². The predicted octanol–water partition coefficient (Wildman–Crippen LogP) is 0.945. The smallest absolute Gasteiger partial charge is 0.227 e. The summed E-state index contributed by atoms with van der Waals surface area (Å²) < 4.78 is 0. The lowest BCUT2D eigenvalue weighted by molar-refractivity contribution is -0.121. The van der Waals surface area contributed by atoms with Crippen LogP contribution >= 0.6 is 0 Å². The Labute approximate surface area is 61.3 Å². The summed E-state index contributed by atoms with van der Waals surface area (Å²) in [7, 11) is 0. The Morgan fingerprint density at radius 2 is 2.40 bits per heavy atom. The van der Waals surface area contributed by atoms with Crippen LogP contribution in [-0.2, 0) is 4.79 Å². The van der Waals surface area contributed by atoms with E-state index in [2.05, 4.69) is 18.8 Å². The van der Waals surface area contributed by atoms with Crippen LogP contribution in [0.4, 0.5) is 0 Å². The van der Waals surface area contributed by atoms with Crippen LogP contribution in [0.25, 0.3) is 0 Å². The molecule has 0 bridgehead atoms. The summed E-state index contributed by atoms with van der Waals surface area (Å²) in [6.07, 6.45) is 0. The van der Waals surface area contributed by atoms with Gasteiger partial charge >= 0.3 is 0 Å². The molecule has 1 N–H and O–H groups in total. The van der Waals surface area contributed by atoms with E-state index in [1.54, 1.807) is 0 Å². The fourth-order valence-corrected chi connectivity index (χ4v) is 1.46. The molecule has 0 saturated carbocycles. The van der Waals surface area contributed by atoms with Gasteiger partial charge in [0.1, 0.15) is 0 Å². The summed E-state index contributed by atoms with van der Waals surface area (Å²) in [5, 5.41) is 2.80. The largest absolute Gasteiger partial charge is 0.355 e. The van der Waals surface area contributed by atoms with Crippen molar-refractivity contribution in [2.24, 2.45) is 11.8 Å². The Kier molecular flexibility index (Phi) is 1.79. The van der Waals surface area contributed by atoms with Crippen LogP contribution < -0.4 is 5.32 Å². The first kappa shape index (κ1) is 7.32. The highest BCUT2D eigenvalue weighted by Gasteiger charge is 2.31. The summed E-state index contributed by atoms with van der Waals surface area (Å²) in [5.41, 5.74) is 0.975. The summed E-state index contributed by atoms with van der Waals surface area (Å²) in [4.78, 5) is 11.1. The van der Waals surface area contributed by atoms with Crippen LogP contribution in [0, 0.1) is 11.8 Å². The molecule has 0 aromatic carbocycles. The molecule has 0 spiro atoms. The molecule has 1 amide bonds. The van der Waals surface area contributed by atoms with Crippen molar-refractivity contribution in [3.05, 3.63) is 12.2 Å². The Hall–Kier alpha value is -0.790. The second-order valence-corrected chi connectivity index (χ2v) is 3.05. The van der Waals surface area contributed by atoms with Crippen LogP contribution in [0.3, 0.4) is 0 Å². The Bertz CT molecular complexity index is 174. The van der Waals surface area contributed by atoms with E-state index < -0.39 is 0 Å². The standard InChI is InChI=1S/C8H13NO/c1-5(2)7-6(3)4-9-8(7)10/h6-7H,1,4H2,2-3H3,(H,9,10). The highest BCUT2D eigenvalue weighted by Crippen LogP contribution is 2.23. The molecule has 10 heavy (non-hydrogen) atoms. The van der Waals surface area contributed by atoms with Crippen LogP contribution in [0.1, 0.15) is 13.8 Å². The third kappa shape index (κ3) is 1.06. The van der Waals surface area contributed by atoms with Gasteiger partial charge in [0.2, 0.25) is 5.91 Å². The lowest BCUT2D eigenvalue weighted by Crippen LogP contribution is -2.19. The number of amides is 1. The van der Waals surface area contributed by atoms with E-state index in [9.17, 15) is 4.79 Å². The number of carbonyl (C=O) groups is 1. The molecular weight excluding hydrogens is 126 g/mol. The van der Waals surface area contributed by atoms with E-state index in [1.807, 2.05) is 6.92 Å². The molecule has 1 rings (SSSR count). The third-order valence-electron chi connectivity index (χ3n) is 1.98. The summed E-state index contributed by atoms with van der Waals surface area (Å²) in [6, 6.07) is 0. The minimum absolute atomic E-state index is 0.0556. The molecule has 0 aromatic heterocycles. The average Bonchev–Trinajstić information content (AvgIpc) is 2.11. The molecule has 2 heteroatoms. The van der Waals surface area contributed by atoms with E-state index in [4.69, 9.17) is 0 Å². The van der Waals surface area contributed by atoms with Crippen LogP contribution in [0.5, 0.6) is 0 Å². The average molecular weight is 139 g/mol. The number of nitrogens with one attached hydrogen (secondary N) is 1. The minimum atomic E-state index is 0.0556. The van der Waals surface area contributed by atoms with Gasteiger partial charge in [-0.1, -0.05) is 19.1 Å². The van der Waals surface area contributed by atoms with Crippen molar-refractivity contribution in [2.75, 3.05) is 6.54 Å². The predicted molar refractivity (Wildman–Crippen MR) is 40.5 cm³/mol. The topological polar surface area (TPSA) is 29.1 Å². The molecule has 0 radical (unpaired) electrons. The van der Waals surface area contributed by atoms with Gasteiger partial charge in [0.15, 0.2) is 0 Å². The molecule has 0 aliphatic carbocycles. The van der Waals surface area contributed by atoms with Gasteiger partial charge in [-0.05, 0) is 12.8 Å². The van der Waals surface area contributed by atoms with E-state index in [0.717, 1.165) is 12.1 Å². The van der Waals surface area contributed by atoms with Crippen molar-refractivity contribution in [2.45, 2.75) is 13.8 Å². The molecule has 2 atom stereocenters. The molecular formula is C8H13NO. The zero-order valence-corrected chi connectivity index (χ0v) is 6.48. The molecule has 1 fully saturated rings. The fourth-order valence-electron chi connectivity index (χ4n) is 1.46. The van der Waals surface area contributed by atoms with Gasteiger partial charge in [0.25, 0.3) is 0 Å². The van der Waals surface area contributed by atoms with Crippen LogP contribution in [-0.4, -0.2) is 12.5 Å². The zero-order chi connectivity index (χ0) is 7.72. The fraction of sp³-hybridized carbons (Fsp3) is 0.625. The summed E-state index contributed by atoms with van der Waals surface area (Å²) in [6.45, 7) is 8.55. The number of carbonyl (C=O) groups excluding carboxylic acids is 1. The summed E-state index contributed by atoms with van der Waals surface area (Å²) >= 11 is 0. The van der Waals surface area contributed by atoms with E-state index in [1.165, 1.54) is 0 Å². The SMILES string of the molecule is C=C(C)C1C(=O)NCC1C. The van der Waals surface area contributed by atoms with E-state index in [0.29, 0.717) is 5.92 Å².